The topological polar surface area (TPSA) is 64.6 Å². The molecule has 1 aromatic rings. The summed E-state index contributed by atoms with van der Waals surface area (Å²) in [6.45, 7) is 8.70. The van der Waals surface area contributed by atoms with E-state index in [1.54, 1.807) is 0 Å². The Balaban J connectivity index is 1.73. The molecule has 0 amide bonds. The minimum Gasteiger partial charge on any atom is -0.494 e. The largest absolute Gasteiger partial charge is 0.494 e. The fourth-order valence-electron chi connectivity index (χ4n) is 5.36. The van der Waals surface area contributed by atoms with Gasteiger partial charge < -0.3 is 14.8 Å². The van der Waals surface area contributed by atoms with E-state index in [9.17, 15) is 9.59 Å². The van der Waals surface area contributed by atoms with Gasteiger partial charge in [0.05, 0.1) is 12.2 Å². The van der Waals surface area contributed by atoms with E-state index < -0.39 is 5.92 Å². The molecule has 0 spiro atoms. The highest BCUT2D eigenvalue weighted by Gasteiger charge is 2.43. The number of ketones is 1. The first-order chi connectivity index (χ1) is 15.3. The van der Waals surface area contributed by atoms with E-state index in [0.717, 1.165) is 60.4 Å². The number of benzene rings is 1. The van der Waals surface area contributed by atoms with Crippen molar-refractivity contribution in [3.63, 3.8) is 0 Å². The molecule has 2 aliphatic carbocycles. The van der Waals surface area contributed by atoms with Crippen LogP contribution in [0.3, 0.4) is 0 Å². The quantitative estimate of drug-likeness (QED) is 0.611. The molecule has 0 radical (unpaired) electrons. The van der Waals surface area contributed by atoms with Gasteiger partial charge in [0, 0.05) is 29.3 Å². The van der Waals surface area contributed by atoms with E-state index in [0.29, 0.717) is 18.6 Å². The number of hydrogen-bond donors (Lipinski definition) is 1. The molecular weight excluding hydrogens is 402 g/mol. The summed E-state index contributed by atoms with van der Waals surface area (Å²) >= 11 is 0. The van der Waals surface area contributed by atoms with Crippen molar-refractivity contribution in [3.8, 4) is 5.75 Å². The van der Waals surface area contributed by atoms with Gasteiger partial charge in [-0.2, -0.15) is 0 Å². The van der Waals surface area contributed by atoms with Crippen molar-refractivity contribution in [3.05, 3.63) is 52.4 Å². The summed E-state index contributed by atoms with van der Waals surface area (Å²) in [6, 6.07) is 7.77. The lowest BCUT2D eigenvalue weighted by molar-refractivity contribution is -0.146. The Morgan fingerprint density at radius 1 is 1.09 bits per heavy atom. The Morgan fingerprint density at radius 3 is 2.44 bits per heavy atom. The van der Waals surface area contributed by atoms with Crippen LogP contribution < -0.4 is 10.1 Å². The number of carbonyl (C=O) groups is 2. The van der Waals surface area contributed by atoms with Gasteiger partial charge in [0.2, 0.25) is 0 Å². The molecule has 1 heterocycles. The number of hydrogen-bond acceptors (Lipinski definition) is 5. The summed E-state index contributed by atoms with van der Waals surface area (Å²) in [5.41, 5.74) is 3.82. The summed E-state index contributed by atoms with van der Waals surface area (Å²) in [7, 11) is 0. The molecule has 1 aliphatic heterocycles. The second-order valence-electron chi connectivity index (χ2n) is 10.1. The lowest BCUT2D eigenvalue weighted by Gasteiger charge is -2.39. The third-order valence-electron chi connectivity index (χ3n) is 6.81. The summed E-state index contributed by atoms with van der Waals surface area (Å²) in [6.07, 6.45) is 6.45. The van der Waals surface area contributed by atoms with Crippen LogP contribution in [0.15, 0.2) is 46.8 Å². The van der Waals surface area contributed by atoms with Gasteiger partial charge in [-0.15, -0.1) is 0 Å². The van der Waals surface area contributed by atoms with E-state index in [1.807, 2.05) is 38.1 Å². The molecule has 0 bridgehead atoms. The number of Topliss-reactive ketones (excluding diaryl/α,β-unsaturated/α-hetero) is 1. The summed E-state index contributed by atoms with van der Waals surface area (Å²) in [5.74, 6) is 0.173. The number of nitrogens with one attached hydrogen (secondary N) is 1. The SMILES string of the molecule is CCOc1ccc([C@H]2C(C(=O)OC3CCCCC3)=C(C)NC3=C2C(=O)CC(C)(C)C3)cc1. The molecule has 5 nitrogen and oxygen atoms in total. The zero-order valence-corrected chi connectivity index (χ0v) is 19.8. The number of allylic oxidation sites excluding steroid dienone is 3. The molecule has 3 aliphatic rings. The van der Waals surface area contributed by atoms with E-state index in [4.69, 9.17) is 9.47 Å². The average Bonchev–Trinajstić information content (AvgIpc) is 2.73. The molecule has 0 saturated heterocycles. The van der Waals surface area contributed by atoms with Crippen molar-refractivity contribution in [2.45, 2.75) is 84.7 Å². The van der Waals surface area contributed by atoms with Gasteiger partial charge in [0.25, 0.3) is 0 Å². The van der Waals surface area contributed by atoms with Crippen LogP contribution in [0.25, 0.3) is 0 Å². The van der Waals surface area contributed by atoms with Gasteiger partial charge in [-0.25, -0.2) is 4.79 Å². The maximum absolute atomic E-state index is 13.5. The van der Waals surface area contributed by atoms with Crippen LogP contribution in [0.1, 0.15) is 84.1 Å². The first-order valence-electron chi connectivity index (χ1n) is 12.0. The minimum absolute atomic E-state index is 0.0334. The monoisotopic (exact) mass is 437 g/mol. The van der Waals surface area contributed by atoms with Gasteiger partial charge >= 0.3 is 5.97 Å². The molecular formula is C27H35NO4. The van der Waals surface area contributed by atoms with Gasteiger partial charge in [0.15, 0.2) is 5.78 Å². The highest BCUT2D eigenvalue weighted by atomic mass is 16.5. The van der Waals surface area contributed by atoms with E-state index in [1.165, 1.54) is 6.42 Å². The molecule has 1 aromatic carbocycles. The number of ether oxygens (including phenoxy) is 2. The molecule has 32 heavy (non-hydrogen) atoms. The first kappa shape index (κ1) is 22.6. The van der Waals surface area contributed by atoms with Crippen LogP contribution in [0.5, 0.6) is 5.75 Å². The minimum atomic E-state index is -0.415. The van der Waals surface area contributed by atoms with Crippen molar-refractivity contribution in [2.24, 2.45) is 5.41 Å². The van der Waals surface area contributed by atoms with Crippen LogP contribution in [0.2, 0.25) is 0 Å². The summed E-state index contributed by atoms with van der Waals surface area (Å²) in [5, 5.41) is 3.42. The highest BCUT2D eigenvalue weighted by Crippen LogP contribution is 2.47. The number of esters is 1. The number of carbonyl (C=O) groups excluding carboxylic acids is 2. The van der Waals surface area contributed by atoms with E-state index in [-0.39, 0.29) is 23.3 Å². The Bertz CT molecular complexity index is 948. The predicted molar refractivity (Wildman–Crippen MR) is 124 cm³/mol. The van der Waals surface area contributed by atoms with Gasteiger partial charge in [0.1, 0.15) is 11.9 Å². The first-order valence-corrected chi connectivity index (χ1v) is 12.0. The fourth-order valence-corrected chi connectivity index (χ4v) is 5.36. The molecule has 1 atom stereocenters. The third-order valence-corrected chi connectivity index (χ3v) is 6.81. The molecule has 4 rings (SSSR count). The maximum Gasteiger partial charge on any atom is 0.337 e. The summed E-state index contributed by atoms with van der Waals surface area (Å²) in [4.78, 5) is 26.8. The zero-order chi connectivity index (χ0) is 22.9. The van der Waals surface area contributed by atoms with Crippen LogP contribution in [0.4, 0.5) is 0 Å². The Labute approximate surface area is 191 Å². The fraction of sp³-hybridized carbons (Fsp3) is 0.556. The molecule has 172 valence electrons. The predicted octanol–water partition coefficient (Wildman–Crippen LogP) is 5.57. The molecule has 1 N–H and O–H groups in total. The second kappa shape index (κ2) is 9.13. The lowest BCUT2D eigenvalue weighted by Crippen LogP contribution is -2.39. The van der Waals surface area contributed by atoms with Crippen molar-refractivity contribution in [1.29, 1.82) is 0 Å². The standard InChI is InChI=1S/C27H35NO4/c1-5-31-19-13-11-18(12-14-19)24-23(26(30)32-20-9-7-6-8-10-20)17(2)28-21-15-27(3,4)16-22(29)25(21)24/h11-14,20,24,28H,5-10,15-16H2,1-4H3/t24-/m0/s1. The van der Waals surface area contributed by atoms with Gasteiger partial charge in [-0.05, 0) is 69.1 Å². The Kier molecular flexibility index (Phi) is 6.45. The van der Waals surface area contributed by atoms with E-state index >= 15 is 0 Å². The van der Waals surface area contributed by atoms with Crippen LogP contribution in [-0.4, -0.2) is 24.5 Å². The van der Waals surface area contributed by atoms with Gasteiger partial charge in [-0.1, -0.05) is 32.4 Å². The smallest absolute Gasteiger partial charge is 0.337 e. The Hall–Kier alpha value is -2.56. The normalized spacial score (nSPS) is 23.5. The molecule has 1 fully saturated rings. The maximum atomic E-state index is 13.5. The van der Waals surface area contributed by atoms with Crippen molar-refractivity contribution in [1.82, 2.24) is 5.32 Å². The van der Waals surface area contributed by atoms with Crippen LogP contribution in [-0.2, 0) is 14.3 Å². The summed E-state index contributed by atoms with van der Waals surface area (Å²) < 4.78 is 11.6. The van der Waals surface area contributed by atoms with Crippen molar-refractivity contribution in [2.75, 3.05) is 6.61 Å². The van der Waals surface area contributed by atoms with Gasteiger partial charge in [-0.3, -0.25) is 4.79 Å². The lowest BCUT2D eigenvalue weighted by atomic mass is 9.68. The number of rotatable bonds is 5. The Morgan fingerprint density at radius 2 is 1.78 bits per heavy atom. The molecule has 5 heteroatoms. The van der Waals surface area contributed by atoms with Crippen molar-refractivity contribution < 1.29 is 19.1 Å². The highest BCUT2D eigenvalue weighted by molar-refractivity contribution is 6.04. The molecule has 0 unspecified atom stereocenters. The average molecular weight is 438 g/mol. The van der Waals surface area contributed by atoms with Crippen LogP contribution >= 0.6 is 0 Å². The number of dihydropyridines is 1. The molecule has 0 aromatic heterocycles. The third kappa shape index (κ3) is 4.62. The van der Waals surface area contributed by atoms with Crippen LogP contribution in [0, 0.1) is 5.41 Å². The second-order valence-corrected chi connectivity index (χ2v) is 10.1. The van der Waals surface area contributed by atoms with E-state index in [2.05, 4.69) is 19.2 Å². The van der Waals surface area contributed by atoms with Crippen molar-refractivity contribution >= 4 is 11.8 Å². The zero-order valence-electron chi connectivity index (χ0n) is 19.8. The molecule has 1 saturated carbocycles.